The monoisotopic (exact) mass is 339 g/mol. The highest BCUT2D eigenvalue weighted by molar-refractivity contribution is 9.10. The molecule has 1 aromatic rings. The Morgan fingerprint density at radius 1 is 1.40 bits per heavy atom. The summed E-state index contributed by atoms with van der Waals surface area (Å²) in [6, 6.07) is 8.28. The number of nitrogens with one attached hydrogen (secondary N) is 1. The third-order valence-corrected chi connectivity index (χ3v) is 4.28. The van der Waals surface area contributed by atoms with Crippen molar-refractivity contribution in [2.24, 2.45) is 0 Å². The number of halogens is 1. The summed E-state index contributed by atoms with van der Waals surface area (Å²) in [5.74, 6) is 0.885. The third kappa shape index (κ3) is 3.07. The Kier molecular flexibility index (Phi) is 4.12. The van der Waals surface area contributed by atoms with Crippen molar-refractivity contribution >= 4 is 22.0 Å². The first-order chi connectivity index (χ1) is 9.72. The minimum absolute atomic E-state index is 0.0834. The molecule has 1 aromatic carbocycles. The average Bonchev–Trinajstić information content (AvgIpc) is 2.80. The first-order valence-electron chi connectivity index (χ1n) is 6.87. The van der Waals surface area contributed by atoms with Gasteiger partial charge in [-0.05, 0) is 18.2 Å². The lowest BCUT2D eigenvalue weighted by molar-refractivity contribution is 0.108. The summed E-state index contributed by atoms with van der Waals surface area (Å²) >= 11 is 3.43. The first-order valence-corrected chi connectivity index (χ1v) is 7.67. The van der Waals surface area contributed by atoms with Crippen molar-refractivity contribution < 1.29 is 9.53 Å². The molecule has 20 heavy (non-hydrogen) atoms. The predicted molar refractivity (Wildman–Crippen MR) is 80.0 cm³/mol. The Morgan fingerprint density at radius 2 is 2.30 bits per heavy atom. The van der Waals surface area contributed by atoms with Gasteiger partial charge in [0.05, 0.1) is 6.04 Å². The standard InChI is InChI=1S/C14H18BrN3O2/c15-11-2-1-3-13(8-11)20-7-6-17-4-5-18-12(10-17)9-16-14(18)19/h1-3,8,12H,4-7,9-10H2,(H,16,19). The minimum Gasteiger partial charge on any atom is -0.492 e. The van der Waals surface area contributed by atoms with Gasteiger partial charge >= 0.3 is 6.03 Å². The number of fused-ring (bicyclic) bond motifs is 1. The fraction of sp³-hybridized carbons (Fsp3) is 0.500. The fourth-order valence-electron chi connectivity index (χ4n) is 2.72. The SMILES string of the molecule is O=C1NCC2CN(CCOc3cccc(Br)c3)CCN12. The zero-order valence-electron chi connectivity index (χ0n) is 11.2. The van der Waals surface area contributed by atoms with E-state index in [1.165, 1.54) is 0 Å². The number of hydrogen-bond acceptors (Lipinski definition) is 3. The average molecular weight is 340 g/mol. The van der Waals surface area contributed by atoms with Crippen molar-refractivity contribution in [1.29, 1.82) is 0 Å². The normalized spacial score (nSPS) is 22.6. The van der Waals surface area contributed by atoms with E-state index in [9.17, 15) is 4.79 Å². The molecule has 2 fully saturated rings. The second-order valence-corrected chi connectivity index (χ2v) is 6.06. The lowest BCUT2D eigenvalue weighted by atomic mass is 10.2. The summed E-state index contributed by atoms with van der Waals surface area (Å²) in [5, 5.41) is 2.89. The van der Waals surface area contributed by atoms with Crippen LogP contribution in [0.4, 0.5) is 4.79 Å². The van der Waals surface area contributed by atoms with Crippen LogP contribution in [0.3, 0.4) is 0 Å². The van der Waals surface area contributed by atoms with E-state index in [1.807, 2.05) is 29.2 Å². The summed E-state index contributed by atoms with van der Waals surface area (Å²) in [6.45, 7) is 5.00. The van der Waals surface area contributed by atoms with E-state index in [2.05, 4.69) is 26.1 Å². The summed E-state index contributed by atoms with van der Waals surface area (Å²) in [6.07, 6.45) is 0. The minimum atomic E-state index is 0.0834. The van der Waals surface area contributed by atoms with Crippen molar-refractivity contribution in [3.05, 3.63) is 28.7 Å². The molecule has 2 heterocycles. The van der Waals surface area contributed by atoms with Gasteiger partial charge in [0.25, 0.3) is 0 Å². The smallest absolute Gasteiger partial charge is 0.317 e. The largest absolute Gasteiger partial charge is 0.492 e. The second-order valence-electron chi connectivity index (χ2n) is 5.14. The first kappa shape index (κ1) is 13.7. The van der Waals surface area contributed by atoms with Gasteiger partial charge in [0.2, 0.25) is 0 Å². The number of urea groups is 1. The number of hydrogen-bond donors (Lipinski definition) is 1. The van der Waals surface area contributed by atoms with E-state index in [1.54, 1.807) is 0 Å². The van der Waals surface area contributed by atoms with Crippen LogP contribution in [0, 0.1) is 0 Å². The van der Waals surface area contributed by atoms with Crippen LogP contribution in [0.2, 0.25) is 0 Å². The molecule has 0 aromatic heterocycles. The summed E-state index contributed by atoms with van der Waals surface area (Å²) in [5.41, 5.74) is 0. The van der Waals surface area contributed by atoms with Crippen LogP contribution >= 0.6 is 15.9 Å². The van der Waals surface area contributed by atoms with Crippen LogP contribution in [0.1, 0.15) is 0 Å². The lowest BCUT2D eigenvalue weighted by Crippen LogP contribution is -2.52. The van der Waals surface area contributed by atoms with E-state index in [4.69, 9.17) is 4.74 Å². The van der Waals surface area contributed by atoms with Crippen LogP contribution < -0.4 is 10.1 Å². The Bertz CT molecular complexity index is 497. The fourth-order valence-corrected chi connectivity index (χ4v) is 3.10. The summed E-state index contributed by atoms with van der Waals surface area (Å²) in [7, 11) is 0. The van der Waals surface area contributed by atoms with Crippen LogP contribution in [-0.4, -0.2) is 61.2 Å². The number of rotatable bonds is 4. The van der Waals surface area contributed by atoms with Gasteiger partial charge in [-0.15, -0.1) is 0 Å². The van der Waals surface area contributed by atoms with Gasteiger partial charge in [-0.3, -0.25) is 4.90 Å². The third-order valence-electron chi connectivity index (χ3n) is 3.79. The van der Waals surface area contributed by atoms with Crippen molar-refractivity contribution in [1.82, 2.24) is 15.1 Å². The number of nitrogens with zero attached hydrogens (tertiary/aromatic N) is 2. The maximum Gasteiger partial charge on any atom is 0.317 e. The molecule has 3 rings (SSSR count). The molecule has 1 atom stereocenters. The predicted octanol–water partition coefficient (Wildman–Crippen LogP) is 1.54. The number of benzene rings is 1. The summed E-state index contributed by atoms with van der Waals surface area (Å²) in [4.78, 5) is 15.8. The van der Waals surface area contributed by atoms with Gasteiger partial charge in [0, 0.05) is 37.2 Å². The van der Waals surface area contributed by atoms with Gasteiger partial charge in [0.15, 0.2) is 0 Å². The zero-order chi connectivity index (χ0) is 13.9. The highest BCUT2D eigenvalue weighted by atomic mass is 79.9. The Labute approximate surface area is 127 Å². The highest BCUT2D eigenvalue weighted by Gasteiger charge is 2.35. The second kappa shape index (κ2) is 6.01. The van der Waals surface area contributed by atoms with Gasteiger partial charge in [0.1, 0.15) is 12.4 Å². The molecule has 1 unspecified atom stereocenters. The van der Waals surface area contributed by atoms with Crippen LogP contribution in [0.25, 0.3) is 0 Å². The molecular formula is C14H18BrN3O2. The van der Waals surface area contributed by atoms with Crippen molar-refractivity contribution in [3.63, 3.8) is 0 Å². The van der Waals surface area contributed by atoms with Crippen LogP contribution in [0.5, 0.6) is 5.75 Å². The Balaban J connectivity index is 1.44. The van der Waals surface area contributed by atoms with Gasteiger partial charge < -0.3 is 15.0 Å². The number of amides is 2. The Hall–Kier alpha value is -1.27. The van der Waals surface area contributed by atoms with Crippen molar-refractivity contribution in [3.8, 4) is 5.75 Å². The molecule has 108 valence electrons. The Morgan fingerprint density at radius 3 is 3.15 bits per heavy atom. The number of carbonyl (C=O) groups is 1. The molecule has 0 bridgehead atoms. The maximum absolute atomic E-state index is 11.5. The zero-order valence-corrected chi connectivity index (χ0v) is 12.8. The molecule has 2 aliphatic heterocycles. The highest BCUT2D eigenvalue weighted by Crippen LogP contribution is 2.18. The quantitative estimate of drug-likeness (QED) is 0.904. The van der Waals surface area contributed by atoms with Crippen molar-refractivity contribution in [2.45, 2.75) is 6.04 Å². The molecular weight excluding hydrogens is 322 g/mol. The molecule has 2 amide bonds. The molecule has 0 spiro atoms. The van der Waals surface area contributed by atoms with Crippen LogP contribution in [0.15, 0.2) is 28.7 Å². The molecule has 5 nitrogen and oxygen atoms in total. The molecule has 1 N–H and O–H groups in total. The van der Waals surface area contributed by atoms with E-state index in [-0.39, 0.29) is 6.03 Å². The van der Waals surface area contributed by atoms with Crippen molar-refractivity contribution in [2.75, 3.05) is 39.3 Å². The molecule has 6 heteroatoms. The van der Waals surface area contributed by atoms with Gasteiger partial charge in [-0.2, -0.15) is 0 Å². The van der Waals surface area contributed by atoms with E-state index < -0.39 is 0 Å². The number of carbonyl (C=O) groups excluding carboxylic acids is 1. The number of ether oxygens (including phenoxy) is 1. The molecule has 2 saturated heterocycles. The molecule has 2 aliphatic rings. The molecule has 0 radical (unpaired) electrons. The van der Waals surface area contributed by atoms with E-state index in [0.717, 1.165) is 42.9 Å². The van der Waals surface area contributed by atoms with E-state index in [0.29, 0.717) is 12.6 Å². The summed E-state index contributed by atoms with van der Waals surface area (Å²) < 4.78 is 6.78. The topological polar surface area (TPSA) is 44.8 Å². The number of piperazine rings is 1. The van der Waals surface area contributed by atoms with E-state index >= 15 is 0 Å². The molecule has 0 saturated carbocycles. The van der Waals surface area contributed by atoms with Crippen LogP contribution in [-0.2, 0) is 0 Å². The van der Waals surface area contributed by atoms with Gasteiger partial charge in [-0.25, -0.2) is 4.79 Å². The van der Waals surface area contributed by atoms with Gasteiger partial charge in [-0.1, -0.05) is 22.0 Å². The lowest BCUT2D eigenvalue weighted by Gasteiger charge is -2.36. The maximum atomic E-state index is 11.5. The molecule has 0 aliphatic carbocycles.